The largest absolute Gasteiger partial charge is 0.465 e. The van der Waals surface area contributed by atoms with Crippen molar-refractivity contribution in [2.75, 3.05) is 12.0 Å². The summed E-state index contributed by atoms with van der Waals surface area (Å²) in [6, 6.07) is 4.60. The molecule has 2 saturated carbocycles. The zero-order chi connectivity index (χ0) is 17.5. The van der Waals surface area contributed by atoms with Gasteiger partial charge < -0.3 is 4.74 Å². The molecule has 4 aliphatic carbocycles. The van der Waals surface area contributed by atoms with E-state index in [4.69, 9.17) is 16.3 Å². The predicted octanol–water partition coefficient (Wildman–Crippen LogP) is 2.68. The van der Waals surface area contributed by atoms with E-state index in [1.54, 1.807) is 6.07 Å². The predicted molar refractivity (Wildman–Crippen MR) is 90.0 cm³/mol. The van der Waals surface area contributed by atoms with Crippen LogP contribution in [0.5, 0.6) is 0 Å². The van der Waals surface area contributed by atoms with Crippen molar-refractivity contribution in [1.29, 1.82) is 0 Å². The molecule has 3 fully saturated rings. The number of hydrogen-bond acceptors (Lipinski definition) is 4. The van der Waals surface area contributed by atoms with Crippen LogP contribution in [0.3, 0.4) is 0 Å². The van der Waals surface area contributed by atoms with Crippen molar-refractivity contribution in [1.82, 2.24) is 0 Å². The number of methoxy groups -OCH3 is 1. The van der Waals surface area contributed by atoms with Crippen LogP contribution in [0.4, 0.5) is 5.69 Å². The molecule has 1 aromatic carbocycles. The molecule has 0 unspecified atom stereocenters. The van der Waals surface area contributed by atoms with Crippen LogP contribution < -0.4 is 4.90 Å². The summed E-state index contributed by atoms with van der Waals surface area (Å²) in [6.45, 7) is 0. The summed E-state index contributed by atoms with van der Waals surface area (Å²) < 4.78 is 4.73. The third kappa shape index (κ3) is 1.87. The lowest BCUT2D eigenvalue weighted by Crippen LogP contribution is -2.40. The van der Waals surface area contributed by atoms with Crippen molar-refractivity contribution in [3.8, 4) is 0 Å². The molecule has 2 bridgehead atoms. The van der Waals surface area contributed by atoms with Gasteiger partial charge in [-0.2, -0.15) is 0 Å². The minimum absolute atomic E-state index is 0.154. The SMILES string of the molecule is COC(=O)c1cc(N2C(=O)[C@@H]3[C@@H]4C=C[C@@H]([C@H]5C[C@@H]45)[C@@H]3C2=O)ccc1Cl. The van der Waals surface area contributed by atoms with Crippen LogP contribution >= 0.6 is 11.6 Å². The second-order valence-corrected chi connectivity index (χ2v) is 7.73. The molecule has 2 amide bonds. The Morgan fingerprint density at radius 2 is 1.72 bits per heavy atom. The third-order valence-corrected chi connectivity index (χ3v) is 6.61. The number of anilines is 1. The fourth-order valence-corrected chi connectivity index (χ4v) is 5.32. The van der Waals surface area contributed by atoms with Crippen LogP contribution in [0.2, 0.25) is 5.02 Å². The summed E-state index contributed by atoms with van der Waals surface area (Å²) in [6.07, 6.45) is 5.40. The summed E-state index contributed by atoms with van der Waals surface area (Å²) in [4.78, 5) is 39.2. The molecule has 25 heavy (non-hydrogen) atoms. The molecule has 6 rings (SSSR count). The number of hydrogen-bond donors (Lipinski definition) is 0. The number of rotatable bonds is 2. The van der Waals surface area contributed by atoms with Gasteiger partial charge in [0.05, 0.1) is 35.2 Å². The number of esters is 1. The minimum Gasteiger partial charge on any atom is -0.465 e. The van der Waals surface area contributed by atoms with E-state index in [9.17, 15) is 14.4 Å². The fourth-order valence-electron chi connectivity index (χ4n) is 5.13. The number of ether oxygens (including phenoxy) is 1. The maximum absolute atomic E-state index is 13.1. The smallest absolute Gasteiger partial charge is 0.339 e. The van der Waals surface area contributed by atoms with E-state index in [0.717, 1.165) is 6.42 Å². The lowest BCUT2D eigenvalue weighted by molar-refractivity contribution is -0.124. The van der Waals surface area contributed by atoms with Gasteiger partial charge in [-0.15, -0.1) is 0 Å². The van der Waals surface area contributed by atoms with Crippen molar-refractivity contribution < 1.29 is 19.1 Å². The Labute approximate surface area is 149 Å². The zero-order valence-electron chi connectivity index (χ0n) is 13.5. The van der Waals surface area contributed by atoms with Crippen LogP contribution in [0.15, 0.2) is 30.4 Å². The third-order valence-electron chi connectivity index (χ3n) is 6.28. The maximum atomic E-state index is 13.1. The molecule has 1 saturated heterocycles. The van der Waals surface area contributed by atoms with E-state index < -0.39 is 5.97 Å². The van der Waals surface area contributed by atoms with Crippen LogP contribution in [-0.2, 0) is 14.3 Å². The van der Waals surface area contributed by atoms with Crippen LogP contribution in [0.1, 0.15) is 16.8 Å². The molecule has 1 heterocycles. The lowest BCUT2D eigenvalue weighted by atomic mass is 9.63. The van der Waals surface area contributed by atoms with Gasteiger partial charge in [0.15, 0.2) is 0 Å². The van der Waals surface area contributed by atoms with E-state index >= 15 is 0 Å². The Balaban J connectivity index is 1.55. The second-order valence-electron chi connectivity index (χ2n) is 7.32. The molecule has 0 spiro atoms. The summed E-state index contributed by atoms with van der Waals surface area (Å²) in [7, 11) is 1.27. The molecule has 1 aromatic rings. The molecule has 6 heteroatoms. The Morgan fingerprint density at radius 3 is 2.28 bits per heavy atom. The standard InChI is InChI=1S/C19H16ClNO4/c1-25-19(24)13-6-8(2-5-14(13)20)21-17(22)15-9-3-4-10(12-7-11(9)12)16(15)18(21)23/h2-6,9-12,15-16H,7H2,1H3/t9-,10+,11+,12-,15-,16+. The number of nitrogens with zero attached hydrogens (tertiary/aromatic N) is 1. The second kappa shape index (κ2) is 4.94. The molecule has 128 valence electrons. The Bertz CT molecular complexity index is 827. The number of amides is 2. The monoisotopic (exact) mass is 357 g/mol. The van der Waals surface area contributed by atoms with Crippen LogP contribution in [-0.4, -0.2) is 24.9 Å². The number of allylic oxidation sites excluding steroid dienone is 2. The average Bonchev–Trinajstić information content (AvgIpc) is 3.39. The number of halogens is 1. The first-order valence-electron chi connectivity index (χ1n) is 8.47. The summed E-state index contributed by atoms with van der Waals surface area (Å²) >= 11 is 6.05. The molecule has 0 aromatic heterocycles. The molecule has 0 N–H and O–H groups in total. The summed E-state index contributed by atoms with van der Waals surface area (Å²) in [5, 5.41) is 0.232. The maximum Gasteiger partial charge on any atom is 0.339 e. The first kappa shape index (κ1) is 15.1. The topological polar surface area (TPSA) is 63.7 Å². The van der Waals surface area contributed by atoms with Gasteiger partial charge in [0.2, 0.25) is 11.8 Å². The van der Waals surface area contributed by atoms with Gasteiger partial charge in [-0.3, -0.25) is 9.59 Å². The molecule has 6 atom stereocenters. The molecular weight excluding hydrogens is 342 g/mol. The van der Waals surface area contributed by atoms with Crippen molar-refractivity contribution >= 4 is 35.1 Å². The minimum atomic E-state index is -0.591. The number of carbonyl (C=O) groups is 3. The highest BCUT2D eigenvalue weighted by molar-refractivity contribution is 6.34. The fraction of sp³-hybridized carbons (Fsp3) is 0.421. The molecular formula is C19H16ClNO4. The van der Waals surface area contributed by atoms with Gasteiger partial charge in [-0.25, -0.2) is 9.69 Å². The van der Waals surface area contributed by atoms with Gasteiger partial charge in [-0.05, 0) is 48.3 Å². The van der Waals surface area contributed by atoms with E-state index in [-0.39, 0.29) is 46.1 Å². The van der Waals surface area contributed by atoms with Gasteiger partial charge in [0.25, 0.3) is 0 Å². The molecule has 1 aliphatic heterocycles. The van der Waals surface area contributed by atoms with Gasteiger partial charge in [0.1, 0.15) is 0 Å². The highest BCUT2D eigenvalue weighted by Gasteiger charge is 2.67. The van der Waals surface area contributed by atoms with Crippen molar-refractivity contribution in [2.45, 2.75) is 6.42 Å². The Morgan fingerprint density at radius 1 is 1.12 bits per heavy atom. The van der Waals surface area contributed by atoms with E-state index in [1.807, 2.05) is 0 Å². The number of carbonyl (C=O) groups excluding carboxylic acids is 3. The molecule has 5 aliphatic rings. The van der Waals surface area contributed by atoms with E-state index in [1.165, 1.54) is 24.1 Å². The normalized spacial score (nSPS) is 37.1. The van der Waals surface area contributed by atoms with Crippen molar-refractivity contribution in [3.05, 3.63) is 40.9 Å². The van der Waals surface area contributed by atoms with E-state index in [0.29, 0.717) is 17.5 Å². The first-order chi connectivity index (χ1) is 12.0. The number of benzene rings is 1. The van der Waals surface area contributed by atoms with E-state index in [2.05, 4.69) is 12.2 Å². The Hall–Kier alpha value is -2.14. The highest BCUT2D eigenvalue weighted by atomic mass is 35.5. The van der Waals surface area contributed by atoms with Crippen molar-refractivity contribution in [3.63, 3.8) is 0 Å². The molecule has 5 nitrogen and oxygen atoms in total. The van der Waals surface area contributed by atoms with Gasteiger partial charge in [-0.1, -0.05) is 23.8 Å². The Kier molecular flexibility index (Phi) is 2.99. The van der Waals surface area contributed by atoms with Gasteiger partial charge >= 0.3 is 5.97 Å². The lowest BCUT2D eigenvalue weighted by Gasteiger charge is -2.37. The molecule has 0 radical (unpaired) electrons. The number of imide groups is 1. The van der Waals surface area contributed by atoms with Crippen molar-refractivity contribution in [2.24, 2.45) is 35.5 Å². The zero-order valence-corrected chi connectivity index (χ0v) is 14.3. The first-order valence-corrected chi connectivity index (χ1v) is 8.84. The quantitative estimate of drug-likeness (QED) is 0.464. The van der Waals surface area contributed by atoms with Crippen LogP contribution in [0, 0.1) is 35.5 Å². The average molecular weight is 358 g/mol. The highest BCUT2D eigenvalue weighted by Crippen LogP contribution is 2.65. The summed E-state index contributed by atoms with van der Waals surface area (Å²) in [5.74, 6) is 0.0456. The van der Waals surface area contributed by atoms with Gasteiger partial charge in [0, 0.05) is 0 Å². The van der Waals surface area contributed by atoms with Crippen LogP contribution in [0.25, 0.3) is 0 Å². The summed E-state index contributed by atoms with van der Waals surface area (Å²) in [5.41, 5.74) is 0.545.